The normalized spacial score (nSPS) is 42.1. The van der Waals surface area contributed by atoms with E-state index in [-0.39, 0.29) is 59.1 Å². The van der Waals surface area contributed by atoms with Crippen molar-refractivity contribution in [2.75, 3.05) is 50.8 Å². The summed E-state index contributed by atoms with van der Waals surface area (Å²) in [5.74, 6) is -14.7. The van der Waals surface area contributed by atoms with Gasteiger partial charge in [-0.1, -0.05) is 0 Å². The van der Waals surface area contributed by atoms with Crippen molar-refractivity contribution >= 4 is 30.4 Å². The van der Waals surface area contributed by atoms with Crippen LogP contribution < -0.4 is 59.1 Å². The largest absolute Gasteiger partial charge is 1.00 e. The van der Waals surface area contributed by atoms with E-state index >= 15 is 0 Å². The molecule has 54 heavy (non-hydrogen) atoms. The van der Waals surface area contributed by atoms with Crippen LogP contribution in [-0.4, -0.2) is 227 Å². The Bertz CT molecular complexity index is 1540. The molecule has 3 aliphatic rings. The molecule has 3 heterocycles. The van der Waals surface area contributed by atoms with Crippen LogP contribution in [0.15, 0.2) is 0 Å². The summed E-state index contributed by atoms with van der Waals surface area (Å²) in [4.78, 5) is 0. The zero-order valence-corrected chi connectivity index (χ0v) is 35.6. The number of rotatable bonds is 16. The van der Waals surface area contributed by atoms with Gasteiger partial charge in [-0.3, -0.25) is 4.18 Å². The van der Waals surface area contributed by atoms with Crippen molar-refractivity contribution in [3.63, 3.8) is 0 Å². The number of aliphatic hydroxyl groups is 10. The van der Waals surface area contributed by atoms with E-state index in [2.05, 4.69) is 4.18 Å². The first kappa shape index (κ1) is 53.1. The van der Waals surface area contributed by atoms with Gasteiger partial charge in [0, 0.05) is 7.11 Å². The second-order valence-corrected chi connectivity index (χ2v) is 16.6. The van der Waals surface area contributed by atoms with E-state index in [1.165, 1.54) is 6.92 Å². The van der Waals surface area contributed by atoms with Crippen LogP contribution in [0.4, 0.5) is 0 Å². The number of hydrogen-bond acceptors (Lipinski definition) is 25. The van der Waals surface area contributed by atoms with Gasteiger partial charge < -0.3 is 88.6 Å². The van der Waals surface area contributed by atoms with Crippen LogP contribution in [0.5, 0.6) is 0 Å². The maximum absolute atomic E-state index is 13.0. The Morgan fingerprint density at radius 1 is 0.574 bits per heavy atom. The van der Waals surface area contributed by atoms with E-state index < -0.39 is 165 Å². The molecular weight excluding hydrogens is 830 g/mol. The fourth-order valence-electron chi connectivity index (χ4n) is 6.16. The Morgan fingerprint density at radius 3 is 1.31 bits per heavy atom. The maximum Gasteiger partial charge on any atom is 1.00 e. The Hall–Kier alpha value is 1.09. The van der Waals surface area contributed by atoms with Crippen LogP contribution in [0.25, 0.3) is 0 Å². The van der Waals surface area contributed by atoms with E-state index in [0.29, 0.717) is 0 Å². The van der Waals surface area contributed by atoms with Gasteiger partial charge >= 0.3 is 59.1 Å². The number of methoxy groups -OCH3 is 1. The van der Waals surface area contributed by atoms with Gasteiger partial charge in [0.15, 0.2) is 0 Å². The molecule has 0 aromatic rings. The molecule has 30 heteroatoms. The minimum absolute atomic E-state index is 0. The molecule has 0 aromatic heterocycles. The molecule has 0 spiro atoms. The predicted octanol–water partition coefficient (Wildman–Crippen LogP) is -15.3. The molecule has 0 bridgehead atoms. The van der Waals surface area contributed by atoms with Gasteiger partial charge in [-0.05, 0) is 6.92 Å². The van der Waals surface area contributed by atoms with E-state index in [1.54, 1.807) is 0 Å². The van der Waals surface area contributed by atoms with Crippen molar-refractivity contribution in [3.8, 4) is 0 Å². The quantitative estimate of drug-likeness (QED) is 0.0391. The maximum atomic E-state index is 13.0. The molecule has 0 unspecified atom stereocenters. The monoisotopic (exact) mass is 872 g/mol. The van der Waals surface area contributed by atoms with Crippen LogP contribution in [0.2, 0.25) is 0 Å². The molecular formula is C24H42Na2O25S3. The van der Waals surface area contributed by atoms with Crippen molar-refractivity contribution in [3.05, 3.63) is 0 Å². The summed E-state index contributed by atoms with van der Waals surface area (Å²) < 4.78 is 133. The van der Waals surface area contributed by atoms with Gasteiger partial charge in [-0.15, -0.1) is 0 Å². The zero-order valence-electron chi connectivity index (χ0n) is 29.2. The molecule has 0 amide bonds. The van der Waals surface area contributed by atoms with Gasteiger partial charge in [0.2, 0.25) is 17.4 Å². The molecule has 0 aliphatic carbocycles. The molecule has 10 N–H and O–H groups in total. The fourth-order valence-corrected chi connectivity index (χ4v) is 9.05. The van der Waals surface area contributed by atoms with Crippen molar-refractivity contribution < 1.29 is 177 Å². The second kappa shape index (κ2) is 20.1. The second-order valence-electron chi connectivity index (χ2n) is 12.1. The van der Waals surface area contributed by atoms with Gasteiger partial charge in [-0.2, -0.15) is 8.42 Å². The molecule has 0 saturated carbocycles. The average Bonchev–Trinajstić information content (AvgIpc) is 3.03. The van der Waals surface area contributed by atoms with E-state index in [0.717, 1.165) is 7.11 Å². The summed E-state index contributed by atoms with van der Waals surface area (Å²) in [6, 6.07) is 0. The van der Waals surface area contributed by atoms with E-state index in [1.807, 2.05) is 0 Å². The molecule has 0 aromatic carbocycles. The zero-order chi connectivity index (χ0) is 39.8. The Balaban J connectivity index is 0.00000729. The molecule has 0 radical (unpaired) electrons. The SMILES string of the molecule is CCOS(=O)(=O)C[C@]1(O[C@H]2[C@H](O)[C@@H](O)[C@@](CS(=O)(=O)[O-])(OC)O[C@@H]2CO)O[C@H](CO)[C@@H](O[C@@]2(CS(=O)(=O)[O-])O[C@H](CO)[C@@H](O)[C@H](O)[C@H]2O)[C@H](O)[C@H]1O.[Na+].[Na+]. The smallest absolute Gasteiger partial charge is 0.748 e. The standard InChI is InChI=1S/C24H44O25S3.2Na/c1-3-44-52(41,42)9-24(49-17-11(5-26)46-22(43-2,7-50(35,36)37)20(33)15(17)30)21(34)16(31)18(12(6-27)47-24)48-23(8-51(38,39)40)19(32)14(29)13(28)10(4-25)45-23;;/h10-21,25-34H,3-9H2,1-2H3,(H,35,36,37)(H,38,39,40);;/q;2*+1/p-2/t10-,11-,12-,13-,14+,15+,16+,17-,18-,19-,20-,21-,22+,23-,24-;;/m1../s1. The number of aliphatic hydroxyl groups excluding tert-OH is 10. The van der Waals surface area contributed by atoms with E-state index in [4.69, 9.17) is 28.4 Å². The summed E-state index contributed by atoms with van der Waals surface area (Å²) >= 11 is 0. The fraction of sp³-hybridized carbons (Fsp3) is 1.00. The average molecular weight is 873 g/mol. The third-order valence-electron chi connectivity index (χ3n) is 8.50. The van der Waals surface area contributed by atoms with E-state index in [9.17, 15) is 85.4 Å². The summed E-state index contributed by atoms with van der Waals surface area (Å²) in [7, 11) is -15.1. The van der Waals surface area contributed by atoms with Gasteiger partial charge in [0.05, 0.1) is 58.2 Å². The topological polar surface area (TPSA) is 415 Å². The third-order valence-corrected chi connectivity index (χ3v) is 11.4. The van der Waals surface area contributed by atoms with Gasteiger partial charge in [0.25, 0.3) is 10.1 Å². The molecule has 308 valence electrons. The van der Waals surface area contributed by atoms with Crippen LogP contribution in [-0.2, 0) is 63.0 Å². The Kier molecular flexibility index (Phi) is 19.8. The first-order valence-corrected chi connectivity index (χ1v) is 19.8. The van der Waals surface area contributed by atoms with Crippen molar-refractivity contribution in [2.24, 2.45) is 0 Å². The molecule has 3 aliphatic heterocycles. The molecule has 3 rings (SSSR count). The summed E-state index contributed by atoms with van der Waals surface area (Å²) in [5.41, 5.74) is 0. The first-order chi connectivity index (χ1) is 23.8. The van der Waals surface area contributed by atoms with Crippen LogP contribution in [0, 0.1) is 0 Å². The number of hydrogen-bond donors (Lipinski definition) is 10. The van der Waals surface area contributed by atoms with Gasteiger partial charge in [-0.25, -0.2) is 16.8 Å². The molecule has 3 fully saturated rings. The van der Waals surface area contributed by atoms with Crippen molar-refractivity contribution in [1.29, 1.82) is 0 Å². The van der Waals surface area contributed by atoms with Crippen LogP contribution in [0.3, 0.4) is 0 Å². The predicted molar refractivity (Wildman–Crippen MR) is 157 cm³/mol. The molecule has 25 nitrogen and oxygen atoms in total. The molecule has 3 saturated heterocycles. The minimum Gasteiger partial charge on any atom is -0.748 e. The minimum atomic E-state index is -5.57. The first-order valence-electron chi connectivity index (χ1n) is 15.1. The van der Waals surface area contributed by atoms with Crippen molar-refractivity contribution in [2.45, 2.75) is 97.5 Å². The van der Waals surface area contributed by atoms with Crippen molar-refractivity contribution in [1.82, 2.24) is 0 Å². The number of ether oxygens (including phenoxy) is 6. The molecule has 15 atom stereocenters. The van der Waals surface area contributed by atoms with Crippen LogP contribution in [0.1, 0.15) is 6.92 Å². The Morgan fingerprint density at radius 2 is 0.926 bits per heavy atom. The Labute approximate surface area is 353 Å². The summed E-state index contributed by atoms with van der Waals surface area (Å²) in [6.45, 7) is -3.22. The van der Waals surface area contributed by atoms with Gasteiger partial charge in [0.1, 0.15) is 79.0 Å². The van der Waals surface area contributed by atoms with Crippen LogP contribution >= 0.6 is 0 Å². The summed E-state index contributed by atoms with van der Waals surface area (Å²) in [6.07, 6.45) is -28.8. The summed E-state index contributed by atoms with van der Waals surface area (Å²) in [5, 5.41) is 106. The third kappa shape index (κ3) is 11.7.